The first-order chi connectivity index (χ1) is 12.5. The molecule has 1 aromatic heterocycles. The van der Waals surface area contributed by atoms with Crippen LogP contribution in [0.1, 0.15) is 35.9 Å². The van der Waals surface area contributed by atoms with Gasteiger partial charge in [0.25, 0.3) is 5.91 Å². The fourth-order valence-corrected chi connectivity index (χ4v) is 2.45. The molecule has 0 bridgehead atoms. The lowest BCUT2D eigenvalue weighted by molar-refractivity contribution is 0.0787. The van der Waals surface area contributed by atoms with Crippen molar-refractivity contribution >= 4 is 17.5 Å². The predicted molar refractivity (Wildman–Crippen MR) is 101 cm³/mol. The molecule has 7 nitrogen and oxygen atoms in total. The maximum absolute atomic E-state index is 12.6. The van der Waals surface area contributed by atoms with E-state index in [1.54, 1.807) is 38.3 Å². The molecule has 7 heteroatoms. The summed E-state index contributed by atoms with van der Waals surface area (Å²) in [6.45, 7) is 4.63. The maximum atomic E-state index is 12.6. The first-order valence-corrected chi connectivity index (χ1v) is 8.58. The molecule has 0 aliphatic heterocycles. The van der Waals surface area contributed by atoms with E-state index in [9.17, 15) is 4.79 Å². The zero-order chi connectivity index (χ0) is 19.1. The highest BCUT2D eigenvalue weighted by Gasteiger charge is 2.16. The molecule has 0 saturated heterocycles. The van der Waals surface area contributed by atoms with Crippen molar-refractivity contribution in [2.24, 2.45) is 0 Å². The summed E-state index contributed by atoms with van der Waals surface area (Å²) in [5, 5.41) is 3.12. The number of hydrogen-bond acceptors (Lipinski definition) is 6. The minimum Gasteiger partial charge on any atom is -0.497 e. The van der Waals surface area contributed by atoms with E-state index in [2.05, 4.69) is 22.2 Å². The van der Waals surface area contributed by atoms with Crippen LogP contribution in [0, 0.1) is 6.92 Å². The van der Waals surface area contributed by atoms with Crippen LogP contribution in [0.25, 0.3) is 0 Å². The van der Waals surface area contributed by atoms with Gasteiger partial charge in [-0.25, -0.2) is 9.97 Å². The normalized spacial score (nSPS) is 10.3. The smallest absolute Gasteiger partial charge is 0.272 e. The van der Waals surface area contributed by atoms with E-state index in [-0.39, 0.29) is 5.91 Å². The molecule has 26 heavy (non-hydrogen) atoms. The Bertz CT molecular complexity index is 764. The molecule has 0 fully saturated rings. The lowest BCUT2D eigenvalue weighted by Crippen LogP contribution is -2.28. The van der Waals surface area contributed by atoms with Gasteiger partial charge >= 0.3 is 0 Å². The molecule has 0 unspecified atom stereocenters. The number of carbonyl (C=O) groups is 1. The number of rotatable bonds is 8. The topological polar surface area (TPSA) is 76.6 Å². The van der Waals surface area contributed by atoms with Crippen molar-refractivity contribution in [1.29, 1.82) is 0 Å². The Hall–Kier alpha value is -2.83. The second kappa shape index (κ2) is 9.03. The molecule has 0 spiro atoms. The Morgan fingerprint density at radius 2 is 1.96 bits per heavy atom. The summed E-state index contributed by atoms with van der Waals surface area (Å²) >= 11 is 0. The van der Waals surface area contributed by atoms with Gasteiger partial charge in [0.15, 0.2) is 0 Å². The van der Waals surface area contributed by atoms with Crippen molar-refractivity contribution < 1.29 is 14.3 Å². The Morgan fingerprint density at radius 3 is 2.62 bits per heavy atom. The molecule has 1 amide bonds. The van der Waals surface area contributed by atoms with Gasteiger partial charge in [-0.1, -0.05) is 13.3 Å². The van der Waals surface area contributed by atoms with E-state index in [1.165, 1.54) is 0 Å². The van der Waals surface area contributed by atoms with Crippen molar-refractivity contribution in [3.05, 3.63) is 35.7 Å². The Balaban J connectivity index is 2.26. The van der Waals surface area contributed by atoms with E-state index in [1.807, 2.05) is 19.1 Å². The van der Waals surface area contributed by atoms with Gasteiger partial charge in [-0.15, -0.1) is 0 Å². The Labute approximate surface area is 154 Å². The number of hydrogen-bond donors (Lipinski definition) is 1. The minimum absolute atomic E-state index is 0.117. The summed E-state index contributed by atoms with van der Waals surface area (Å²) < 4.78 is 10.6. The van der Waals surface area contributed by atoms with Gasteiger partial charge < -0.3 is 19.7 Å². The zero-order valence-electron chi connectivity index (χ0n) is 16.0. The third-order valence-electron chi connectivity index (χ3n) is 3.92. The summed E-state index contributed by atoms with van der Waals surface area (Å²) in [6.07, 6.45) is 1.99. The van der Waals surface area contributed by atoms with Crippen LogP contribution < -0.4 is 14.8 Å². The molecule has 1 aromatic carbocycles. The van der Waals surface area contributed by atoms with Gasteiger partial charge in [0.2, 0.25) is 5.95 Å². The molecular formula is C19H26N4O3. The van der Waals surface area contributed by atoms with Crippen LogP contribution in [0.15, 0.2) is 24.3 Å². The number of nitrogens with zero attached hydrogens (tertiary/aromatic N) is 3. The highest BCUT2D eigenvalue weighted by Crippen LogP contribution is 2.30. The monoisotopic (exact) mass is 358 g/mol. The van der Waals surface area contributed by atoms with Crippen LogP contribution in [0.2, 0.25) is 0 Å². The van der Waals surface area contributed by atoms with Crippen LogP contribution in [0.4, 0.5) is 11.6 Å². The third kappa shape index (κ3) is 4.84. The largest absolute Gasteiger partial charge is 0.497 e. The predicted octanol–water partition coefficient (Wildman–Crippen LogP) is 3.42. The molecule has 140 valence electrons. The van der Waals surface area contributed by atoms with Gasteiger partial charge in [0.1, 0.15) is 17.2 Å². The highest BCUT2D eigenvalue weighted by atomic mass is 16.5. The van der Waals surface area contributed by atoms with E-state index >= 15 is 0 Å². The molecule has 2 aromatic rings. The number of carbonyl (C=O) groups excluding carboxylic acids is 1. The number of methoxy groups -OCH3 is 2. The number of unbranched alkanes of at least 4 members (excludes halogenated alkanes) is 1. The fraction of sp³-hybridized carbons (Fsp3) is 0.421. The van der Waals surface area contributed by atoms with Crippen LogP contribution in [0.5, 0.6) is 11.5 Å². The SMILES string of the molecule is CCCCN(C)C(=O)c1cc(C)nc(Nc2ccc(OC)cc2OC)n1. The second-order valence-corrected chi connectivity index (χ2v) is 5.99. The average Bonchev–Trinajstić information content (AvgIpc) is 2.65. The quantitative estimate of drug-likeness (QED) is 0.779. The molecule has 1 heterocycles. The molecule has 0 aliphatic carbocycles. The number of benzene rings is 1. The number of amides is 1. The highest BCUT2D eigenvalue weighted by molar-refractivity contribution is 5.92. The van der Waals surface area contributed by atoms with Crippen molar-refractivity contribution in [2.75, 3.05) is 33.1 Å². The molecular weight excluding hydrogens is 332 g/mol. The fourth-order valence-electron chi connectivity index (χ4n) is 2.45. The number of aromatic nitrogens is 2. The molecule has 0 atom stereocenters. The molecule has 1 N–H and O–H groups in total. The average molecular weight is 358 g/mol. The lowest BCUT2D eigenvalue weighted by Gasteiger charge is -2.17. The summed E-state index contributed by atoms with van der Waals surface area (Å²) in [7, 11) is 4.96. The molecule has 0 radical (unpaired) electrons. The summed E-state index contributed by atoms with van der Waals surface area (Å²) in [6, 6.07) is 7.09. The lowest BCUT2D eigenvalue weighted by atomic mass is 10.2. The van der Waals surface area contributed by atoms with Gasteiger partial charge in [-0.3, -0.25) is 4.79 Å². The van der Waals surface area contributed by atoms with Crippen LogP contribution in [0.3, 0.4) is 0 Å². The van der Waals surface area contributed by atoms with Crippen molar-refractivity contribution in [1.82, 2.24) is 14.9 Å². The van der Waals surface area contributed by atoms with E-state index in [0.717, 1.165) is 12.8 Å². The van der Waals surface area contributed by atoms with E-state index in [0.29, 0.717) is 41.1 Å². The number of aryl methyl sites for hydroxylation is 1. The van der Waals surface area contributed by atoms with Crippen molar-refractivity contribution in [3.8, 4) is 11.5 Å². The number of nitrogens with one attached hydrogen (secondary N) is 1. The number of anilines is 2. The number of ether oxygens (including phenoxy) is 2. The minimum atomic E-state index is -0.117. The van der Waals surface area contributed by atoms with Gasteiger partial charge in [0.05, 0.1) is 19.9 Å². The summed E-state index contributed by atoms with van der Waals surface area (Å²) in [5.41, 5.74) is 1.77. The second-order valence-electron chi connectivity index (χ2n) is 5.99. The molecule has 2 rings (SSSR count). The first kappa shape index (κ1) is 19.5. The Kier molecular flexibility index (Phi) is 6.77. The van der Waals surface area contributed by atoms with Crippen molar-refractivity contribution in [2.45, 2.75) is 26.7 Å². The van der Waals surface area contributed by atoms with Gasteiger partial charge in [-0.05, 0) is 31.5 Å². The zero-order valence-corrected chi connectivity index (χ0v) is 16.0. The first-order valence-electron chi connectivity index (χ1n) is 8.58. The van der Waals surface area contributed by atoms with Crippen LogP contribution >= 0.6 is 0 Å². The van der Waals surface area contributed by atoms with Crippen LogP contribution in [-0.4, -0.2) is 48.6 Å². The van der Waals surface area contributed by atoms with Gasteiger partial charge in [-0.2, -0.15) is 0 Å². The molecule has 0 saturated carbocycles. The van der Waals surface area contributed by atoms with Crippen LogP contribution in [-0.2, 0) is 0 Å². The standard InChI is InChI=1S/C19H26N4O3/c1-6-7-10-23(3)18(24)16-11-13(2)20-19(22-16)21-15-9-8-14(25-4)12-17(15)26-5/h8-9,11-12H,6-7,10H2,1-5H3,(H,20,21,22). The van der Waals surface area contributed by atoms with Crippen molar-refractivity contribution in [3.63, 3.8) is 0 Å². The third-order valence-corrected chi connectivity index (χ3v) is 3.92. The molecule has 0 aliphatic rings. The summed E-state index contributed by atoms with van der Waals surface area (Å²) in [5.74, 6) is 1.52. The van der Waals surface area contributed by atoms with E-state index < -0.39 is 0 Å². The maximum Gasteiger partial charge on any atom is 0.272 e. The summed E-state index contributed by atoms with van der Waals surface area (Å²) in [4.78, 5) is 23.0. The van der Waals surface area contributed by atoms with Gasteiger partial charge in [0, 0.05) is 25.4 Å². The Morgan fingerprint density at radius 1 is 1.19 bits per heavy atom. The van der Waals surface area contributed by atoms with E-state index in [4.69, 9.17) is 9.47 Å².